The maximum absolute atomic E-state index is 12.1. The molecule has 0 unspecified atom stereocenters. The SMILES string of the molecule is Cc1cccc(C(=O)NCc2ccc(CCl)cc2)c1Cl. The maximum atomic E-state index is 12.1. The number of hydrogen-bond donors (Lipinski definition) is 1. The van der Waals surface area contributed by atoms with Crippen molar-refractivity contribution in [2.45, 2.75) is 19.3 Å². The average Bonchev–Trinajstić information content (AvgIpc) is 2.48. The highest BCUT2D eigenvalue weighted by atomic mass is 35.5. The number of carbonyl (C=O) groups is 1. The lowest BCUT2D eigenvalue weighted by Gasteiger charge is -2.08. The summed E-state index contributed by atoms with van der Waals surface area (Å²) in [6.07, 6.45) is 0. The fourth-order valence-corrected chi connectivity index (χ4v) is 2.24. The number of rotatable bonds is 4. The number of nitrogens with one attached hydrogen (secondary N) is 1. The highest BCUT2D eigenvalue weighted by molar-refractivity contribution is 6.34. The number of halogens is 2. The van der Waals surface area contributed by atoms with E-state index >= 15 is 0 Å². The Balaban J connectivity index is 2.02. The van der Waals surface area contributed by atoms with Gasteiger partial charge >= 0.3 is 0 Å². The van der Waals surface area contributed by atoms with Crippen molar-refractivity contribution in [3.05, 3.63) is 69.7 Å². The van der Waals surface area contributed by atoms with Crippen LogP contribution in [0.3, 0.4) is 0 Å². The molecule has 0 aliphatic heterocycles. The number of aryl methyl sites for hydroxylation is 1. The quantitative estimate of drug-likeness (QED) is 0.838. The van der Waals surface area contributed by atoms with Gasteiger partial charge in [0.2, 0.25) is 0 Å². The molecule has 2 nitrogen and oxygen atoms in total. The molecule has 0 aliphatic carbocycles. The van der Waals surface area contributed by atoms with Crippen molar-refractivity contribution in [3.63, 3.8) is 0 Å². The van der Waals surface area contributed by atoms with Crippen LogP contribution in [0.1, 0.15) is 27.0 Å². The zero-order valence-electron chi connectivity index (χ0n) is 11.1. The molecule has 0 saturated heterocycles. The van der Waals surface area contributed by atoms with E-state index in [1.54, 1.807) is 6.07 Å². The molecule has 20 heavy (non-hydrogen) atoms. The van der Waals surface area contributed by atoms with Crippen LogP contribution in [0.4, 0.5) is 0 Å². The predicted molar refractivity (Wildman–Crippen MR) is 83.4 cm³/mol. The van der Waals surface area contributed by atoms with Gasteiger partial charge in [0.15, 0.2) is 0 Å². The van der Waals surface area contributed by atoms with Crippen LogP contribution in [0, 0.1) is 6.92 Å². The summed E-state index contributed by atoms with van der Waals surface area (Å²) < 4.78 is 0. The van der Waals surface area contributed by atoms with E-state index in [-0.39, 0.29) is 5.91 Å². The Morgan fingerprint density at radius 3 is 2.40 bits per heavy atom. The summed E-state index contributed by atoms with van der Waals surface area (Å²) in [6.45, 7) is 2.34. The van der Waals surface area contributed by atoms with Gasteiger partial charge < -0.3 is 5.32 Å². The van der Waals surface area contributed by atoms with Crippen LogP contribution in [0.2, 0.25) is 5.02 Å². The standard InChI is InChI=1S/C16H15Cl2NO/c1-11-3-2-4-14(15(11)18)16(20)19-10-13-7-5-12(9-17)6-8-13/h2-8H,9-10H2,1H3,(H,19,20). The lowest BCUT2D eigenvalue weighted by Crippen LogP contribution is -2.23. The first kappa shape index (κ1) is 14.9. The first-order chi connectivity index (χ1) is 9.61. The number of alkyl halides is 1. The van der Waals surface area contributed by atoms with Crippen LogP contribution in [0.15, 0.2) is 42.5 Å². The molecule has 2 rings (SSSR count). The van der Waals surface area contributed by atoms with Gasteiger partial charge in [0.1, 0.15) is 0 Å². The molecule has 0 atom stereocenters. The second kappa shape index (κ2) is 6.78. The van der Waals surface area contributed by atoms with E-state index in [1.165, 1.54) is 0 Å². The Labute approximate surface area is 128 Å². The highest BCUT2D eigenvalue weighted by Gasteiger charge is 2.11. The first-order valence-corrected chi connectivity index (χ1v) is 7.20. The van der Waals surface area contributed by atoms with Gasteiger partial charge in [-0.25, -0.2) is 0 Å². The molecule has 0 aliphatic rings. The van der Waals surface area contributed by atoms with E-state index < -0.39 is 0 Å². The fraction of sp³-hybridized carbons (Fsp3) is 0.188. The van der Waals surface area contributed by atoms with Crippen molar-refractivity contribution in [2.24, 2.45) is 0 Å². The summed E-state index contributed by atoms with van der Waals surface area (Å²) in [6, 6.07) is 13.2. The Hall–Kier alpha value is -1.51. The van der Waals surface area contributed by atoms with Gasteiger partial charge in [-0.2, -0.15) is 0 Å². The minimum Gasteiger partial charge on any atom is -0.348 e. The van der Waals surface area contributed by atoms with Crippen molar-refractivity contribution in [2.75, 3.05) is 0 Å². The Bertz CT molecular complexity index is 608. The minimum absolute atomic E-state index is 0.167. The Morgan fingerprint density at radius 2 is 1.75 bits per heavy atom. The lowest BCUT2D eigenvalue weighted by molar-refractivity contribution is 0.0951. The van der Waals surface area contributed by atoms with Gasteiger partial charge in [-0.15, -0.1) is 11.6 Å². The number of benzene rings is 2. The summed E-state index contributed by atoms with van der Waals surface area (Å²) in [7, 11) is 0. The summed E-state index contributed by atoms with van der Waals surface area (Å²) in [5.41, 5.74) is 3.48. The molecule has 1 amide bonds. The summed E-state index contributed by atoms with van der Waals surface area (Å²) in [5.74, 6) is 0.325. The normalized spacial score (nSPS) is 10.3. The topological polar surface area (TPSA) is 29.1 Å². The molecule has 0 saturated carbocycles. The first-order valence-electron chi connectivity index (χ1n) is 6.29. The number of amides is 1. The monoisotopic (exact) mass is 307 g/mol. The minimum atomic E-state index is -0.167. The van der Waals surface area contributed by atoms with E-state index in [0.717, 1.165) is 16.7 Å². The van der Waals surface area contributed by atoms with Crippen LogP contribution in [-0.2, 0) is 12.4 Å². The zero-order chi connectivity index (χ0) is 14.5. The molecule has 0 radical (unpaired) electrons. The van der Waals surface area contributed by atoms with Gasteiger partial charge in [-0.3, -0.25) is 4.79 Å². The van der Waals surface area contributed by atoms with Gasteiger partial charge in [0.05, 0.1) is 10.6 Å². The van der Waals surface area contributed by atoms with Crippen molar-refractivity contribution in [1.82, 2.24) is 5.32 Å². The second-order valence-electron chi connectivity index (χ2n) is 4.57. The van der Waals surface area contributed by atoms with E-state index in [0.29, 0.717) is 23.0 Å². The van der Waals surface area contributed by atoms with Gasteiger partial charge in [-0.1, -0.05) is 48.0 Å². The molecule has 2 aromatic carbocycles. The molecule has 2 aromatic rings. The maximum Gasteiger partial charge on any atom is 0.253 e. The van der Waals surface area contributed by atoms with Gasteiger partial charge in [0, 0.05) is 12.4 Å². The summed E-state index contributed by atoms with van der Waals surface area (Å²) in [4.78, 5) is 12.1. The lowest BCUT2D eigenvalue weighted by atomic mass is 10.1. The van der Waals surface area contributed by atoms with E-state index in [9.17, 15) is 4.79 Å². The molecule has 0 heterocycles. The molecule has 0 aromatic heterocycles. The smallest absolute Gasteiger partial charge is 0.253 e. The van der Waals surface area contributed by atoms with Crippen molar-refractivity contribution in [1.29, 1.82) is 0 Å². The van der Waals surface area contributed by atoms with Crippen molar-refractivity contribution in [3.8, 4) is 0 Å². The van der Waals surface area contributed by atoms with Crippen LogP contribution >= 0.6 is 23.2 Å². The highest BCUT2D eigenvalue weighted by Crippen LogP contribution is 2.20. The van der Waals surface area contributed by atoms with E-state index in [4.69, 9.17) is 23.2 Å². The summed E-state index contributed by atoms with van der Waals surface area (Å²) >= 11 is 11.9. The summed E-state index contributed by atoms with van der Waals surface area (Å²) in [5, 5.41) is 3.37. The van der Waals surface area contributed by atoms with Crippen LogP contribution in [0.25, 0.3) is 0 Å². The predicted octanol–water partition coefficient (Wildman–Crippen LogP) is 4.32. The molecule has 1 N–H and O–H groups in total. The largest absolute Gasteiger partial charge is 0.348 e. The van der Waals surface area contributed by atoms with Gasteiger partial charge in [0.25, 0.3) is 5.91 Å². The Kier molecular flexibility index (Phi) is 5.05. The second-order valence-corrected chi connectivity index (χ2v) is 5.21. The van der Waals surface area contributed by atoms with Crippen molar-refractivity contribution < 1.29 is 4.79 Å². The van der Waals surface area contributed by atoms with Crippen molar-refractivity contribution >= 4 is 29.1 Å². The third kappa shape index (κ3) is 3.53. The van der Waals surface area contributed by atoms with Crippen LogP contribution in [-0.4, -0.2) is 5.91 Å². The molecular weight excluding hydrogens is 293 g/mol. The van der Waals surface area contributed by atoms with Gasteiger partial charge in [-0.05, 0) is 29.7 Å². The van der Waals surface area contributed by atoms with Crippen LogP contribution in [0.5, 0.6) is 0 Å². The molecule has 104 valence electrons. The Morgan fingerprint density at radius 1 is 1.10 bits per heavy atom. The number of carbonyl (C=O) groups excluding carboxylic acids is 1. The third-order valence-electron chi connectivity index (χ3n) is 3.07. The third-order valence-corrected chi connectivity index (χ3v) is 3.88. The molecular formula is C16H15Cl2NO. The van der Waals surface area contributed by atoms with E-state index in [2.05, 4.69) is 5.32 Å². The van der Waals surface area contributed by atoms with Crippen LogP contribution < -0.4 is 5.32 Å². The molecule has 0 bridgehead atoms. The average molecular weight is 308 g/mol. The van der Waals surface area contributed by atoms with E-state index in [1.807, 2.05) is 43.3 Å². The number of hydrogen-bond acceptors (Lipinski definition) is 1. The fourth-order valence-electron chi connectivity index (χ4n) is 1.85. The molecule has 4 heteroatoms. The molecule has 0 fully saturated rings. The zero-order valence-corrected chi connectivity index (χ0v) is 12.6. The molecule has 0 spiro atoms.